The third-order valence-corrected chi connectivity index (χ3v) is 16.2. The minimum Gasteiger partial charge on any atom is -0.491 e. The van der Waals surface area contributed by atoms with Crippen molar-refractivity contribution < 1.29 is 52.7 Å². The second-order valence-electron chi connectivity index (χ2n) is 20.4. The van der Waals surface area contributed by atoms with Crippen LogP contribution in [0.5, 0.6) is 17.2 Å². The largest absolute Gasteiger partial charge is 0.491 e. The molecule has 16 nitrogen and oxygen atoms in total. The summed E-state index contributed by atoms with van der Waals surface area (Å²) in [6, 6.07) is 23.6. The van der Waals surface area contributed by atoms with Gasteiger partial charge in [-0.1, -0.05) is 69.0 Å². The molecule has 0 bridgehead atoms. The van der Waals surface area contributed by atoms with E-state index in [0.29, 0.717) is 87.1 Å². The molecule has 18 heteroatoms. The number of hydrogen-bond donors (Lipinski definition) is 1. The highest BCUT2D eigenvalue weighted by Crippen LogP contribution is 2.38. The number of aliphatic hydroxyl groups is 1. The number of thioether (sulfide) groups is 1. The molecular weight excluding hydrogens is 1050 g/mol. The number of benzene rings is 4. The van der Waals surface area contributed by atoms with Gasteiger partial charge in [-0.2, -0.15) is 0 Å². The molecule has 3 aliphatic heterocycles. The molecule has 2 fully saturated rings. The predicted octanol–water partition coefficient (Wildman–Crippen LogP) is 11.0. The number of fused-ring (bicyclic) bond motifs is 1. The van der Waals surface area contributed by atoms with E-state index in [1.165, 1.54) is 4.90 Å². The molecule has 0 unspecified atom stereocenters. The molecule has 1 aromatic heterocycles. The zero-order valence-corrected chi connectivity index (χ0v) is 47.9. The van der Waals surface area contributed by atoms with Crippen molar-refractivity contribution in [2.75, 3.05) is 72.6 Å². The van der Waals surface area contributed by atoms with E-state index in [1.807, 2.05) is 99.6 Å². The van der Waals surface area contributed by atoms with Gasteiger partial charge in [-0.05, 0) is 128 Å². The van der Waals surface area contributed by atoms with Gasteiger partial charge in [0.2, 0.25) is 5.91 Å². The number of rotatable bonds is 29. The summed E-state index contributed by atoms with van der Waals surface area (Å²) >= 11 is 2.46. The Morgan fingerprint density at radius 1 is 0.850 bits per heavy atom. The number of imide groups is 1. The average molecular weight is 1130 g/mol. The van der Waals surface area contributed by atoms with Gasteiger partial charge in [0.25, 0.3) is 11.1 Å². The molecular formula is C62H71N5O11S2. The van der Waals surface area contributed by atoms with E-state index in [4.69, 9.17) is 35.0 Å². The highest BCUT2D eigenvalue weighted by molar-refractivity contribution is 8.18. The zero-order chi connectivity index (χ0) is 56.7. The van der Waals surface area contributed by atoms with Crippen LogP contribution >= 0.6 is 23.1 Å². The van der Waals surface area contributed by atoms with Crippen molar-refractivity contribution >= 4 is 63.4 Å². The maximum absolute atomic E-state index is 14.4. The molecule has 8 rings (SSSR count). The number of amides is 3. The first-order valence-electron chi connectivity index (χ1n) is 27.2. The van der Waals surface area contributed by atoms with Gasteiger partial charge in [0.15, 0.2) is 11.5 Å². The van der Waals surface area contributed by atoms with E-state index in [0.717, 1.165) is 79.8 Å². The lowest BCUT2D eigenvalue weighted by atomic mass is 9.97. The lowest BCUT2D eigenvalue weighted by Crippen LogP contribution is -2.52. The summed E-state index contributed by atoms with van der Waals surface area (Å²) in [5.74, 6) is 1.30. The summed E-state index contributed by atoms with van der Waals surface area (Å²) in [6.07, 6.45) is 3.31. The maximum atomic E-state index is 14.4. The van der Waals surface area contributed by atoms with Crippen LogP contribution in [-0.4, -0.2) is 138 Å². The first kappa shape index (κ1) is 59.4. The standard InChI is InChI=1S/C62H71N5O11S2/c1-40(2)58(66-37-48-12-8-9-13-51(48)44(66)6)61(71)67-38-50(68)36-52(67)53(69)19-17-46-15-16-47(59-43(5)64-39-79-59)35-56(46)77-31-30-76-29-27-74-24-11-10-23-73-26-28-75-25-22-65-60(70)57(80-62(65)72)34-45-14-20-54(41(3)32-45)78-55-21-18-49(63-7)33-42(55)4/h8-9,12-16,18,20-21,32-35,39-40,50,52,58,68H,6,10-11,17,19,22-31,36-38H2,1-5H3/b57-34-/t50-,52+,58+/m1/s1. The Labute approximate surface area is 477 Å². The van der Waals surface area contributed by atoms with Gasteiger partial charge in [0.05, 0.1) is 85.9 Å². The van der Waals surface area contributed by atoms with Crippen LogP contribution < -0.4 is 9.47 Å². The second kappa shape index (κ2) is 28.6. The minimum absolute atomic E-state index is 0.0573. The fourth-order valence-electron chi connectivity index (χ4n) is 10.1. The van der Waals surface area contributed by atoms with Gasteiger partial charge in [0, 0.05) is 50.4 Å². The summed E-state index contributed by atoms with van der Waals surface area (Å²) in [7, 11) is 0. The Kier molecular flexibility index (Phi) is 21.3. The number of ketones is 1. The SMILES string of the molecule is [C-]#[N+]c1ccc(Oc2ccc(/C=C3\SC(=O)N(CCOCCOCCCCOCCOCCOc4cc(-c5scnc5C)ccc4CCC(=O)[C@@H]4C[C@@H](O)CN4C(=O)[C@H](C(C)C)N4Cc5ccccc5C4=C)C3=O)cc2C)c(C)c1. The first-order valence-corrected chi connectivity index (χ1v) is 28.9. The quantitative estimate of drug-likeness (QED) is 0.0272. The van der Waals surface area contributed by atoms with Crippen LogP contribution in [0.3, 0.4) is 0 Å². The van der Waals surface area contributed by atoms with Crippen LogP contribution in [0, 0.1) is 33.3 Å². The number of ether oxygens (including phenoxy) is 6. The highest BCUT2D eigenvalue weighted by Gasteiger charge is 2.44. The smallest absolute Gasteiger partial charge is 0.293 e. The Morgan fingerprint density at radius 3 is 2.21 bits per heavy atom. The molecule has 0 spiro atoms. The number of aliphatic hydroxyl groups excluding tert-OH is 1. The fraction of sp³-hybridized carbons (Fsp3) is 0.419. The monoisotopic (exact) mass is 1130 g/mol. The average Bonchev–Trinajstić information content (AvgIpc) is 4.22. The number of hydrogen-bond acceptors (Lipinski definition) is 15. The van der Waals surface area contributed by atoms with Crippen LogP contribution in [0.1, 0.15) is 78.6 Å². The van der Waals surface area contributed by atoms with E-state index >= 15 is 0 Å². The predicted molar refractivity (Wildman–Crippen MR) is 311 cm³/mol. The second-order valence-corrected chi connectivity index (χ2v) is 22.2. The Morgan fingerprint density at radius 2 is 1.54 bits per heavy atom. The van der Waals surface area contributed by atoms with Gasteiger partial charge >= 0.3 is 0 Å². The van der Waals surface area contributed by atoms with Crippen LogP contribution in [0.15, 0.2) is 95.9 Å². The topological polar surface area (TPSA) is 171 Å². The van der Waals surface area contributed by atoms with E-state index < -0.39 is 18.2 Å². The Hall–Kier alpha value is -6.69. The van der Waals surface area contributed by atoms with Crippen LogP contribution in [0.4, 0.5) is 10.5 Å². The van der Waals surface area contributed by atoms with Gasteiger partial charge in [-0.3, -0.25) is 24.1 Å². The van der Waals surface area contributed by atoms with Crippen molar-refractivity contribution in [2.24, 2.45) is 5.92 Å². The van der Waals surface area contributed by atoms with E-state index in [-0.39, 0.29) is 67.9 Å². The third-order valence-electron chi connectivity index (χ3n) is 14.3. The summed E-state index contributed by atoms with van der Waals surface area (Å²) in [5.41, 5.74) is 10.5. The number of carbonyl (C=O) groups excluding carboxylic acids is 4. The maximum Gasteiger partial charge on any atom is 0.293 e. The third kappa shape index (κ3) is 15.2. The molecule has 2 saturated heterocycles. The van der Waals surface area contributed by atoms with Crippen LogP contribution in [-0.2, 0) is 46.3 Å². The van der Waals surface area contributed by atoms with E-state index in [2.05, 4.69) is 22.5 Å². The van der Waals surface area contributed by atoms with Gasteiger partial charge in [-0.15, -0.1) is 11.3 Å². The number of thiazole rings is 1. The molecule has 5 aromatic rings. The first-order chi connectivity index (χ1) is 38.7. The number of carbonyl (C=O) groups is 4. The number of aromatic nitrogens is 1. The lowest BCUT2D eigenvalue weighted by molar-refractivity contribution is -0.142. The van der Waals surface area contributed by atoms with Gasteiger partial charge < -0.3 is 43.3 Å². The Balaban J connectivity index is 0.689. The molecule has 3 amide bonds. The molecule has 0 radical (unpaired) electrons. The lowest BCUT2D eigenvalue weighted by Gasteiger charge is -2.36. The molecule has 3 aliphatic rings. The van der Waals surface area contributed by atoms with Crippen molar-refractivity contribution in [3.8, 4) is 27.7 Å². The fourth-order valence-corrected chi connectivity index (χ4v) is 11.7. The highest BCUT2D eigenvalue weighted by atomic mass is 32.2. The van der Waals surface area contributed by atoms with Crippen molar-refractivity contribution in [3.63, 3.8) is 0 Å². The summed E-state index contributed by atoms with van der Waals surface area (Å²) in [4.78, 5) is 68.4. The summed E-state index contributed by atoms with van der Waals surface area (Å²) in [6.45, 7) is 25.6. The number of Topliss-reactive ketones (excluding diaryl/α,β-unsaturated/α-hetero) is 1. The molecule has 3 atom stereocenters. The molecule has 4 heterocycles. The normalized spacial score (nSPS) is 17.0. The van der Waals surface area contributed by atoms with Crippen molar-refractivity contribution in [1.82, 2.24) is 19.7 Å². The Bertz CT molecular complexity index is 3100. The molecule has 0 aliphatic carbocycles. The van der Waals surface area contributed by atoms with Gasteiger partial charge in [0.1, 0.15) is 29.9 Å². The van der Waals surface area contributed by atoms with Crippen LogP contribution in [0.25, 0.3) is 27.1 Å². The summed E-state index contributed by atoms with van der Waals surface area (Å²) < 4.78 is 35.4. The van der Waals surface area contributed by atoms with E-state index in [1.54, 1.807) is 40.5 Å². The van der Waals surface area contributed by atoms with Crippen LogP contribution in [0.2, 0.25) is 0 Å². The molecule has 0 saturated carbocycles. The molecule has 80 heavy (non-hydrogen) atoms. The minimum atomic E-state index is -0.787. The van der Waals surface area contributed by atoms with Crippen molar-refractivity contribution in [3.05, 3.63) is 146 Å². The number of unbranched alkanes of at least 4 members (excludes halogenated alkanes) is 1. The number of aryl methyl sites for hydroxylation is 4. The van der Waals surface area contributed by atoms with Gasteiger partial charge in [-0.25, -0.2) is 9.83 Å². The van der Waals surface area contributed by atoms with Crippen molar-refractivity contribution in [1.29, 1.82) is 0 Å². The summed E-state index contributed by atoms with van der Waals surface area (Å²) in [5, 5.41) is 10.5. The number of nitrogens with zero attached hydrogens (tertiary/aromatic N) is 5. The number of β-amino-alcohol motifs (C(OH)–C–C–N with tert-alkyl or cyclic N) is 1. The van der Waals surface area contributed by atoms with E-state index in [9.17, 15) is 24.3 Å². The van der Waals surface area contributed by atoms with Crippen molar-refractivity contribution in [2.45, 2.75) is 91.5 Å². The molecule has 422 valence electrons. The zero-order valence-electron chi connectivity index (χ0n) is 46.3. The molecule has 4 aromatic carbocycles. The number of likely N-dealkylation sites (tertiary alicyclic amines) is 1. The molecule has 1 N–H and O–H groups in total.